The number of rotatable bonds is 4. The number of imidazole rings is 1. The van der Waals surface area contributed by atoms with Gasteiger partial charge in [0.2, 0.25) is 0 Å². The Kier molecular flexibility index (Phi) is 4.10. The molecule has 0 amide bonds. The molecule has 0 fully saturated rings. The van der Waals surface area contributed by atoms with E-state index in [1.165, 1.54) is 0 Å². The minimum Gasteiger partial charge on any atom is -0.322 e. The summed E-state index contributed by atoms with van der Waals surface area (Å²) in [4.78, 5) is 8.93. The van der Waals surface area contributed by atoms with Crippen LogP contribution in [0.2, 0.25) is 5.15 Å². The van der Waals surface area contributed by atoms with Crippen molar-refractivity contribution < 1.29 is 0 Å². The van der Waals surface area contributed by atoms with Crippen molar-refractivity contribution in [1.82, 2.24) is 14.5 Å². The maximum absolute atomic E-state index is 5.97. The highest BCUT2D eigenvalue weighted by molar-refractivity contribution is 8.00. The molecule has 0 N–H and O–H groups in total. The molecule has 0 saturated carbocycles. The molecule has 0 saturated heterocycles. The fraction of sp³-hybridized carbons (Fsp3) is 0.143. The molecular weight excluding hydrogens is 310 g/mol. The molecule has 0 unspecified atom stereocenters. The van der Waals surface area contributed by atoms with Crippen LogP contribution >= 0.6 is 34.7 Å². The minimum atomic E-state index is 0.657. The van der Waals surface area contributed by atoms with Gasteiger partial charge in [-0.3, -0.25) is 0 Å². The van der Waals surface area contributed by atoms with Gasteiger partial charge in [0.15, 0.2) is 4.34 Å². The molecule has 0 bridgehead atoms. The first-order valence-corrected chi connectivity index (χ1v) is 8.28. The predicted octanol–water partition coefficient (Wildman–Crippen LogP) is 4.49. The first-order valence-electron chi connectivity index (χ1n) is 6.04. The Morgan fingerprint density at radius 1 is 1.30 bits per heavy atom. The second-order valence-corrected chi connectivity index (χ2v) is 6.68. The van der Waals surface area contributed by atoms with Crippen molar-refractivity contribution in [2.24, 2.45) is 7.05 Å². The Bertz CT molecular complexity index is 706. The van der Waals surface area contributed by atoms with Crippen LogP contribution in [0.4, 0.5) is 0 Å². The van der Waals surface area contributed by atoms with Crippen molar-refractivity contribution in [3.63, 3.8) is 0 Å². The molecule has 0 spiro atoms. The lowest BCUT2D eigenvalue weighted by atomic mass is 10.2. The topological polar surface area (TPSA) is 30.7 Å². The number of hydrogen-bond acceptors (Lipinski definition) is 4. The van der Waals surface area contributed by atoms with Gasteiger partial charge in [-0.2, -0.15) is 0 Å². The summed E-state index contributed by atoms with van der Waals surface area (Å²) < 4.78 is 2.93. The SMILES string of the molecule is Cn1c(Cl)cnc1CSc1nc(-c2ccccc2)cs1. The number of thiazole rings is 1. The first-order chi connectivity index (χ1) is 9.74. The molecule has 0 radical (unpaired) electrons. The first kappa shape index (κ1) is 13.7. The highest BCUT2D eigenvalue weighted by Gasteiger charge is 2.08. The van der Waals surface area contributed by atoms with Gasteiger partial charge in [-0.1, -0.05) is 53.7 Å². The summed E-state index contributed by atoms with van der Waals surface area (Å²) in [5, 5.41) is 2.74. The van der Waals surface area contributed by atoms with Gasteiger partial charge in [0.1, 0.15) is 11.0 Å². The van der Waals surface area contributed by atoms with Gasteiger partial charge in [-0.05, 0) is 0 Å². The third-order valence-corrected chi connectivity index (χ3v) is 5.27. The number of halogens is 1. The van der Waals surface area contributed by atoms with E-state index in [1.54, 1.807) is 29.3 Å². The van der Waals surface area contributed by atoms with Crippen molar-refractivity contribution in [3.8, 4) is 11.3 Å². The second-order valence-electron chi connectivity index (χ2n) is 4.21. The molecule has 0 atom stereocenters. The lowest BCUT2D eigenvalue weighted by Crippen LogP contribution is -1.95. The van der Waals surface area contributed by atoms with Crippen LogP contribution in [-0.2, 0) is 12.8 Å². The molecule has 20 heavy (non-hydrogen) atoms. The minimum absolute atomic E-state index is 0.657. The van der Waals surface area contributed by atoms with E-state index in [1.807, 2.05) is 29.8 Å². The Hall–Kier alpha value is -1.30. The highest BCUT2D eigenvalue weighted by atomic mass is 35.5. The van der Waals surface area contributed by atoms with E-state index in [4.69, 9.17) is 11.6 Å². The Morgan fingerprint density at radius 2 is 2.10 bits per heavy atom. The van der Waals surface area contributed by atoms with Gasteiger partial charge in [0, 0.05) is 18.0 Å². The summed E-state index contributed by atoms with van der Waals surface area (Å²) in [5.41, 5.74) is 2.17. The Labute approximate surface area is 130 Å². The third-order valence-electron chi connectivity index (χ3n) is 2.91. The fourth-order valence-electron chi connectivity index (χ4n) is 1.75. The zero-order valence-corrected chi connectivity index (χ0v) is 13.2. The Balaban J connectivity index is 1.70. The van der Waals surface area contributed by atoms with Crippen molar-refractivity contribution in [1.29, 1.82) is 0 Å². The fourth-order valence-corrected chi connectivity index (χ4v) is 3.73. The summed E-state index contributed by atoms with van der Waals surface area (Å²) in [6.07, 6.45) is 1.68. The van der Waals surface area contributed by atoms with Crippen LogP contribution in [0.25, 0.3) is 11.3 Å². The Morgan fingerprint density at radius 3 is 2.80 bits per heavy atom. The predicted molar refractivity (Wildman–Crippen MR) is 85.3 cm³/mol. The van der Waals surface area contributed by atoms with Gasteiger partial charge < -0.3 is 4.57 Å². The van der Waals surface area contributed by atoms with Gasteiger partial charge in [0.25, 0.3) is 0 Å². The van der Waals surface area contributed by atoms with Crippen molar-refractivity contribution in [3.05, 3.63) is 52.9 Å². The summed E-state index contributed by atoms with van der Waals surface area (Å²) in [6.45, 7) is 0. The summed E-state index contributed by atoms with van der Waals surface area (Å²) in [5.74, 6) is 1.72. The zero-order chi connectivity index (χ0) is 13.9. The van der Waals surface area contributed by atoms with Gasteiger partial charge in [0.05, 0.1) is 17.6 Å². The van der Waals surface area contributed by atoms with Gasteiger partial charge in [-0.15, -0.1) is 11.3 Å². The van der Waals surface area contributed by atoms with E-state index in [9.17, 15) is 0 Å². The normalized spacial score (nSPS) is 10.9. The molecule has 0 aliphatic rings. The summed E-state index contributed by atoms with van der Waals surface area (Å²) in [7, 11) is 1.92. The molecule has 3 aromatic rings. The van der Waals surface area contributed by atoms with Crippen LogP contribution < -0.4 is 0 Å². The largest absolute Gasteiger partial charge is 0.322 e. The number of aromatic nitrogens is 3. The van der Waals surface area contributed by atoms with Crippen molar-refractivity contribution in [2.75, 3.05) is 0 Å². The van der Waals surface area contributed by atoms with Gasteiger partial charge in [-0.25, -0.2) is 9.97 Å². The highest BCUT2D eigenvalue weighted by Crippen LogP contribution is 2.30. The molecule has 0 aliphatic heterocycles. The van der Waals surface area contributed by atoms with E-state index in [0.29, 0.717) is 5.15 Å². The molecule has 0 aliphatic carbocycles. The molecule has 1 aromatic carbocycles. The van der Waals surface area contributed by atoms with E-state index in [0.717, 1.165) is 27.2 Å². The molecule has 3 nitrogen and oxygen atoms in total. The van der Waals surface area contributed by atoms with Crippen LogP contribution in [-0.4, -0.2) is 14.5 Å². The van der Waals surface area contributed by atoms with Crippen LogP contribution in [0.1, 0.15) is 5.82 Å². The van der Waals surface area contributed by atoms with E-state index < -0.39 is 0 Å². The van der Waals surface area contributed by atoms with Crippen LogP contribution in [0, 0.1) is 0 Å². The molecule has 6 heteroatoms. The second kappa shape index (κ2) is 5.99. The molecule has 2 aromatic heterocycles. The van der Waals surface area contributed by atoms with Gasteiger partial charge >= 0.3 is 0 Å². The molecule has 102 valence electrons. The van der Waals surface area contributed by atoms with Crippen molar-refractivity contribution in [2.45, 2.75) is 10.1 Å². The van der Waals surface area contributed by atoms with E-state index in [-0.39, 0.29) is 0 Å². The van der Waals surface area contributed by atoms with E-state index in [2.05, 4.69) is 27.5 Å². The number of hydrogen-bond donors (Lipinski definition) is 0. The lowest BCUT2D eigenvalue weighted by molar-refractivity contribution is 0.850. The van der Waals surface area contributed by atoms with Crippen LogP contribution in [0.5, 0.6) is 0 Å². The summed E-state index contributed by atoms with van der Waals surface area (Å²) >= 11 is 9.31. The average molecular weight is 322 g/mol. The lowest BCUT2D eigenvalue weighted by Gasteiger charge is -2.00. The van der Waals surface area contributed by atoms with E-state index >= 15 is 0 Å². The third kappa shape index (κ3) is 2.90. The van der Waals surface area contributed by atoms with Crippen LogP contribution in [0.3, 0.4) is 0 Å². The zero-order valence-electron chi connectivity index (χ0n) is 10.8. The number of thioether (sulfide) groups is 1. The average Bonchev–Trinajstić information content (AvgIpc) is 3.07. The number of benzene rings is 1. The van der Waals surface area contributed by atoms with Crippen LogP contribution in [0.15, 0.2) is 46.2 Å². The van der Waals surface area contributed by atoms with Crippen molar-refractivity contribution >= 4 is 34.7 Å². The monoisotopic (exact) mass is 321 g/mol. The summed E-state index contributed by atoms with van der Waals surface area (Å²) in [6, 6.07) is 10.2. The number of nitrogens with zero attached hydrogens (tertiary/aromatic N) is 3. The molecule has 3 rings (SSSR count). The maximum atomic E-state index is 5.97. The maximum Gasteiger partial charge on any atom is 0.150 e. The molecule has 2 heterocycles. The smallest absolute Gasteiger partial charge is 0.150 e. The molecular formula is C14H12ClN3S2. The standard InChI is InChI=1S/C14H12ClN3S2/c1-18-12(15)7-16-13(18)9-20-14-17-11(8-19-14)10-5-3-2-4-6-10/h2-8H,9H2,1H3. The quantitative estimate of drug-likeness (QED) is 0.663.